The molecule has 0 aliphatic carbocycles. The number of aromatic amines is 1. The SMILES string of the molecule is C/C=C(\C)c1ncn[nH]1. The fraction of sp³-hybridized carbons (Fsp3) is 0.333. The van der Waals surface area contributed by atoms with Gasteiger partial charge in [0.1, 0.15) is 6.33 Å². The van der Waals surface area contributed by atoms with Crippen molar-refractivity contribution in [2.24, 2.45) is 0 Å². The number of H-pyrrole nitrogens is 1. The Morgan fingerprint density at radius 3 is 3.00 bits per heavy atom. The number of nitrogens with zero attached hydrogens (tertiary/aromatic N) is 2. The van der Waals surface area contributed by atoms with Crippen molar-refractivity contribution in [2.75, 3.05) is 0 Å². The van der Waals surface area contributed by atoms with Crippen LogP contribution in [0.5, 0.6) is 0 Å². The van der Waals surface area contributed by atoms with Gasteiger partial charge in [-0.3, -0.25) is 5.10 Å². The van der Waals surface area contributed by atoms with Gasteiger partial charge in [-0.05, 0) is 19.4 Å². The van der Waals surface area contributed by atoms with Crippen LogP contribution in [0, 0.1) is 0 Å². The molecular weight excluding hydrogens is 114 g/mol. The molecule has 0 saturated heterocycles. The predicted molar refractivity (Wildman–Crippen MR) is 35.7 cm³/mol. The molecule has 1 rings (SSSR count). The molecule has 1 aromatic heterocycles. The van der Waals surface area contributed by atoms with Crippen LogP contribution in [-0.4, -0.2) is 15.2 Å². The summed E-state index contributed by atoms with van der Waals surface area (Å²) in [6, 6.07) is 0. The van der Waals surface area contributed by atoms with Crippen molar-refractivity contribution in [3.8, 4) is 0 Å². The topological polar surface area (TPSA) is 41.6 Å². The minimum Gasteiger partial charge on any atom is -0.260 e. The van der Waals surface area contributed by atoms with E-state index in [1.807, 2.05) is 19.9 Å². The van der Waals surface area contributed by atoms with Gasteiger partial charge in [0.15, 0.2) is 5.82 Å². The van der Waals surface area contributed by atoms with Crippen LogP contribution >= 0.6 is 0 Å². The number of hydrogen-bond donors (Lipinski definition) is 1. The van der Waals surface area contributed by atoms with Gasteiger partial charge in [0.05, 0.1) is 0 Å². The summed E-state index contributed by atoms with van der Waals surface area (Å²) in [5.41, 5.74) is 1.12. The Balaban J connectivity index is 2.90. The van der Waals surface area contributed by atoms with Crippen LogP contribution < -0.4 is 0 Å². The first-order valence-corrected chi connectivity index (χ1v) is 2.83. The lowest BCUT2D eigenvalue weighted by atomic mass is 10.3. The summed E-state index contributed by atoms with van der Waals surface area (Å²) in [5, 5.41) is 6.47. The quantitative estimate of drug-likeness (QED) is 0.610. The summed E-state index contributed by atoms with van der Waals surface area (Å²) in [4.78, 5) is 3.95. The average molecular weight is 123 g/mol. The lowest BCUT2D eigenvalue weighted by Crippen LogP contribution is -1.80. The number of nitrogens with one attached hydrogen (secondary N) is 1. The molecule has 3 heteroatoms. The summed E-state index contributed by atoms with van der Waals surface area (Å²) in [7, 11) is 0. The molecule has 0 spiro atoms. The van der Waals surface area contributed by atoms with Gasteiger partial charge in [-0.1, -0.05) is 6.08 Å². The van der Waals surface area contributed by atoms with Crippen LogP contribution in [0.25, 0.3) is 5.57 Å². The fourth-order valence-electron chi connectivity index (χ4n) is 0.532. The maximum absolute atomic E-state index is 3.95. The van der Waals surface area contributed by atoms with Gasteiger partial charge in [-0.15, -0.1) is 0 Å². The van der Waals surface area contributed by atoms with E-state index < -0.39 is 0 Å². The molecule has 9 heavy (non-hydrogen) atoms. The van der Waals surface area contributed by atoms with E-state index >= 15 is 0 Å². The van der Waals surface area contributed by atoms with Crippen LogP contribution in [0.1, 0.15) is 19.7 Å². The van der Waals surface area contributed by atoms with E-state index in [1.54, 1.807) is 0 Å². The van der Waals surface area contributed by atoms with Crippen molar-refractivity contribution in [3.63, 3.8) is 0 Å². The zero-order valence-corrected chi connectivity index (χ0v) is 5.55. The molecule has 0 atom stereocenters. The summed E-state index contributed by atoms with van der Waals surface area (Å²) >= 11 is 0. The minimum absolute atomic E-state index is 0.845. The van der Waals surface area contributed by atoms with Crippen molar-refractivity contribution in [2.45, 2.75) is 13.8 Å². The maximum atomic E-state index is 3.95. The molecule has 0 unspecified atom stereocenters. The number of allylic oxidation sites excluding steroid dienone is 2. The Labute approximate surface area is 53.8 Å². The molecule has 0 radical (unpaired) electrons. The van der Waals surface area contributed by atoms with Crippen LogP contribution in [0.3, 0.4) is 0 Å². The lowest BCUT2D eigenvalue weighted by Gasteiger charge is -1.88. The zero-order chi connectivity index (χ0) is 6.69. The largest absolute Gasteiger partial charge is 0.260 e. The molecule has 0 amide bonds. The highest BCUT2D eigenvalue weighted by atomic mass is 15.2. The van der Waals surface area contributed by atoms with Gasteiger partial charge >= 0.3 is 0 Å². The van der Waals surface area contributed by atoms with Crippen LogP contribution in [0.15, 0.2) is 12.4 Å². The normalized spacial score (nSPS) is 12.0. The Hall–Kier alpha value is -1.12. The summed E-state index contributed by atoms with van der Waals surface area (Å²) < 4.78 is 0. The maximum Gasteiger partial charge on any atom is 0.150 e. The van der Waals surface area contributed by atoms with Crippen molar-refractivity contribution >= 4 is 5.57 Å². The third-order valence-electron chi connectivity index (χ3n) is 1.22. The van der Waals surface area contributed by atoms with Gasteiger partial charge in [0, 0.05) is 0 Å². The van der Waals surface area contributed by atoms with Gasteiger partial charge < -0.3 is 0 Å². The smallest absolute Gasteiger partial charge is 0.150 e. The average Bonchev–Trinajstić information content (AvgIpc) is 2.37. The molecule has 0 saturated carbocycles. The first-order chi connectivity index (χ1) is 4.34. The number of rotatable bonds is 1. The zero-order valence-electron chi connectivity index (χ0n) is 5.55. The molecule has 1 heterocycles. The summed E-state index contributed by atoms with van der Waals surface area (Å²) in [6.45, 7) is 3.96. The molecule has 0 fully saturated rings. The monoisotopic (exact) mass is 123 g/mol. The van der Waals surface area contributed by atoms with E-state index in [4.69, 9.17) is 0 Å². The Morgan fingerprint density at radius 1 is 1.78 bits per heavy atom. The molecule has 0 aliphatic rings. The van der Waals surface area contributed by atoms with Gasteiger partial charge in [-0.2, -0.15) is 5.10 Å². The van der Waals surface area contributed by atoms with Crippen LogP contribution in [0.2, 0.25) is 0 Å². The summed E-state index contributed by atoms with van der Waals surface area (Å²) in [6.07, 6.45) is 3.49. The van der Waals surface area contributed by atoms with E-state index in [1.165, 1.54) is 6.33 Å². The molecule has 3 nitrogen and oxygen atoms in total. The third kappa shape index (κ3) is 1.16. The van der Waals surface area contributed by atoms with E-state index in [9.17, 15) is 0 Å². The van der Waals surface area contributed by atoms with Crippen molar-refractivity contribution in [1.82, 2.24) is 15.2 Å². The van der Waals surface area contributed by atoms with Crippen molar-refractivity contribution in [1.29, 1.82) is 0 Å². The van der Waals surface area contributed by atoms with Crippen molar-refractivity contribution in [3.05, 3.63) is 18.2 Å². The predicted octanol–water partition coefficient (Wildman–Crippen LogP) is 1.23. The lowest BCUT2D eigenvalue weighted by molar-refractivity contribution is 1.07. The first-order valence-electron chi connectivity index (χ1n) is 2.83. The van der Waals surface area contributed by atoms with E-state index in [0.29, 0.717) is 0 Å². The van der Waals surface area contributed by atoms with E-state index in [2.05, 4.69) is 15.2 Å². The van der Waals surface area contributed by atoms with Crippen LogP contribution in [-0.2, 0) is 0 Å². The highest BCUT2D eigenvalue weighted by Gasteiger charge is 1.93. The molecule has 48 valence electrons. The van der Waals surface area contributed by atoms with Gasteiger partial charge in [-0.25, -0.2) is 4.98 Å². The standard InChI is InChI=1S/C6H9N3/c1-3-5(2)6-7-4-8-9-6/h3-4H,1-2H3,(H,7,8,9)/b5-3+. The van der Waals surface area contributed by atoms with Crippen molar-refractivity contribution < 1.29 is 0 Å². The molecule has 0 bridgehead atoms. The minimum atomic E-state index is 0.845. The number of aromatic nitrogens is 3. The molecule has 1 aromatic rings. The second kappa shape index (κ2) is 2.44. The Kier molecular flexibility index (Phi) is 1.63. The molecule has 0 aliphatic heterocycles. The first kappa shape index (κ1) is 6.01. The summed E-state index contributed by atoms with van der Waals surface area (Å²) in [5.74, 6) is 0.845. The van der Waals surface area contributed by atoms with Gasteiger partial charge in [0.2, 0.25) is 0 Å². The Bertz CT molecular complexity index is 198. The van der Waals surface area contributed by atoms with E-state index in [-0.39, 0.29) is 0 Å². The van der Waals surface area contributed by atoms with Gasteiger partial charge in [0.25, 0.3) is 0 Å². The van der Waals surface area contributed by atoms with E-state index in [0.717, 1.165) is 11.4 Å². The third-order valence-corrected chi connectivity index (χ3v) is 1.22. The highest BCUT2D eigenvalue weighted by molar-refractivity contribution is 5.55. The molecule has 0 aromatic carbocycles. The fourth-order valence-corrected chi connectivity index (χ4v) is 0.532. The molecule has 1 N–H and O–H groups in total. The molecular formula is C6H9N3. The second-order valence-electron chi connectivity index (χ2n) is 1.81. The highest BCUT2D eigenvalue weighted by Crippen LogP contribution is 2.03. The Morgan fingerprint density at radius 2 is 2.56 bits per heavy atom. The van der Waals surface area contributed by atoms with Crippen LogP contribution in [0.4, 0.5) is 0 Å². The number of hydrogen-bond acceptors (Lipinski definition) is 2. The second-order valence-corrected chi connectivity index (χ2v) is 1.81.